The molecular weight excluding hydrogens is 505 g/mol. The van der Waals surface area contributed by atoms with Crippen molar-refractivity contribution in [3.8, 4) is 0 Å². The van der Waals surface area contributed by atoms with Crippen LogP contribution in [-0.4, -0.2) is 39.4 Å². The molecule has 0 amide bonds. The number of H-pyrrole nitrogens is 1. The minimum atomic E-state index is -0.882. The van der Waals surface area contributed by atoms with E-state index in [0.29, 0.717) is 5.56 Å². The molecule has 2 aromatic rings. The number of hydrogen-bond donors (Lipinski definition) is 2. The molecule has 0 bridgehead atoms. The maximum Gasteiger partial charge on any atom is 0.344 e. The number of halogens is 1. The molecule has 2 N–H and O–H groups in total. The molecule has 1 aliphatic rings. The van der Waals surface area contributed by atoms with E-state index in [2.05, 4.69) is 4.98 Å². The maximum atomic E-state index is 12.7. The predicted octanol–water partition coefficient (Wildman–Crippen LogP) is 0.908. The van der Waals surface area contributed by atoms with Crippen LogP contribution in [0.4, 0.5) is 0 Å². The lowest BCUT2D eigenvalue weighted by molar-refractivity contribution is -0.671. The molecule has 1 saturated heterocycles. The van der Waals surface area contributed by atoms with E-state index < -0.39 is 47.7 Å². The Kier molecular flexibility index (Phi) is 6.58. The van der Waals surface area contributed by atoms with E-state index in [-0.39, 0.29) is 5.56 Å². The number of ether oxygens (including phenoxy) is 2. The van der Waals surface area contributed by atoms with E-state index in [0.717, 1.165) is 0 Å². The molecular formula is C20H23IN3O6+. The minimum absolute atomic E-state index is 0.279. The van der Waals surface area contributed by atoms with Crippen molar-refractivity contribution in [1.29, 1.82) is 0 Å². The highest BCUT2D eigenvalue weighted by Gasteiger charge is 2.54. The zero-order chi connectivity index (χ0) is 22.1. The summed E-state index contributed by atoms with van der Waals surface area (Å²) in [7, 11) is 1.79. The van der Waals surface area contributed by atoms with Gasteiger partial charge in [0.25, 0.3) is 5.56 Å². The van der Waals surface area contributed by atoms with Gasteiger partial charge in [-0.1, -0.05) is 36.4 Å². The molecule has 3 heterocycles. The van der Waals surface area contributed by atoms with Crippen molar-refractivity contribution in [3.05, 3.63) is 66.8 Å². The monoisotopic (exact) mass is 528 g/mol. The van der Waals surface area contributed by atoms with E-state index in [4.69, 9.17) is 9.47 Å². The largest absolute Gasteiger partial charge is 0.455 e. The first-order valence-corrected chi connectivity index (χ1v) is 10.5. The number of nitrogens with one attached hydrogen (secondary N) is 1. The molecule has 0 aliphatic carbocycles. The number of aliphatic hydroxyl groups excluding tert-OH is 1. The van der Waals surface area contributed by atoms with Crippen LogP contribution in [0.1, 0.15) is 36.0 Å². The number of aromatic nitrogens is 3. The number of esters is 1. The van der Waals surface area contributed by atoms with Gasteiger partial charge in [0, 0.05) is 17.7 Å². The molecule has 30 heavy (non-hydrogen) atoms. The fraction of sp³-hybridized carbons (Fsp3) is 0.400. The highest BCUT2D eigenvalue weighted by atomic mass is 127. The molecule has 9 nitrogen and oxygen atoms in total. The number of carbonyl (C=O) groups excluding carboxylic acids is 1. The Morgan fingerprint density at radius 1 is 1.47 bits per heavy atom. The number of hydrogen-bond acceptors (Lipinski definition) is 6. The molecule has 3 rings (SSSR count). The number of aromatic amines is 1. The first-order chi connectivity index (χ1) is 14.2. The fourth-order valence-corrected chi connectivity index (χ4v) is 3.96. The summed E-state index contributed by atoms with van der Waals surface area (Å²) in [6.45, 7) is 3.16. The van der Waals surface area contributed by atoms with Gasteiger partial charge >= 0.3 is 11.7 Å². The minimum Gasteiger partial charge on any atom is -0.455 e. The molecule has 0 spiro atoms. The van der Waals surface area contributed by atoms with Gasteiger partial charge < -0.3 is 14.6 Å². The molecule has 0 saturated carbocycles. The highest BCUT2D eigenvalue weighted by molar-refractivity contribution is 14.1. The summed E-state index contributed by atoms with van der Waals surface area (Å²) in [6, 6.07) is 3.35. The SMILES string of the molecule is C[n+]1cccc(C(=O)OC2C(CO)OC(n3cc(/C=C/I)c(=O)[nH]c3=O)C2(C)C)c1. The molecule has 0 aromatic carbocycles. The summed E-state index contributed by atoms with van der Waals surface area (Å²) in [6.07, 6.45) is 3.85. The van der Waals surface area contributed by atoms with E-state index in [1.165, 1.54) is 10.8 Å². The first-order valence-electron chi connectivity index (χ1n) is 9.24. The molecule has 0 radical (unpaired) electrons. The second kappa shape index (κ2) is 8.82. The quantitative estimate of drug-likeness (QED) is 0.339. The summed E-state index contributed by atoms with van der Waals surface area (Å²) in [4.78, 5) is 39.4. The molecule has 1 aliphatic heterocycles. The van der Waals surface area contributed by atoms with Gasteiger partial charge in [-0.2, -0.15) is 0 Å². The maximum absolute atomic E-state index is 12.7. The van der Waals surface area contributed by atoms with Crippen molar-refractivity contribution >= 4 is 34.6 Å². The molecule has 2 aromatic heterocycles. The Morgan fingerprint density at radius 2 is 2.20 bits per heavy atom. The predicted molar refractivity (Wildman–Crippen MR) is 116 cm³/mol. The number of rotatable bonds is 5. The summed E-state index contributed by atoms with van der Waals surface area (Å²) >= 11 is 1.97. The van der Waals surface area contributed by atoms with Crippen LogP contribution in [-0.2, 0) is 16.5 Å². The van der Waals surface area contributed by atoms with Crippen LogP contribution < -0.4 is 15.8 Å². The van der Waals surface area contributed by atoms with Crippen LogP contribution in [0.2, 0.25) is 0 Å². The van der Waals surface area contributed by atoms with Crippen molar-refractivity contribution in [1.82, 2.24) is 9.55 Å². The van der Waals surface area contributed by atoms with Crippen molar-refractivity contribution in [3.63, 3.8) is 0 Å². The standard InChI is InChI=1S/C20H22IN3O6/c1-20(2)15(30-17(27)13-5-4-8-23(3)9-13)14(11-25)29-18(20)24-10-12(6-7-21)16(26)22-19(24)28/h4-10,14-15,18,25H,11H2,1-3H3/p+1/b7-6+. The zero-order valence-electron chi connectivity index (χ0n) is 16.7. The average molecular weight is 528 g/mol. The third-order valence-electron chi connectivity index (χ3n) is 5.09. The van der Waals surface area contributed by atoms with E-state index in [1.807, 2.05) is 22.6 Å². The fourth-order valence-electron chi connectivity index (χ4n) is 3.58. The summed E-state index contributed by atoms with van der Waals surface area (Å²) in [5.41, 5.74) is -1.42. The van der Waals surface area contributed by atoms with Crippen LogP contribution in [0, 0.1) is 5.41 Å². The van der Waals surface area contributed by atoms with Crippen molar-refractivity contribution in [2.45, 2.75) is 32.3 Å². The molecule has 3 unspecified atom stereocenters. The number of pyridine rings is 1. The van der Waals surface area contributed by atoms with Crippen molar-refractivity contribution in [2.24, 2.45) is 12.5 Å². The average Bonchev–Trinajstić information content (AvgIpc) is 2.94. The van der Waals surface area contributed by atoms with Crippen molar-refractivity contribution < 1.29 is 23.9 Å². The second-order valence-electron chi connectivity index (χ2n) is 7.66. The summed E-state index contributed by atoms with van der Waals surface area (Å²) in [5, 5.41) is 9.84. The lowest BCUT2D eigenvalue weighted by atomic mass is 9.84. The van der Waals surface area contributed by atoms with Gasteiger partial charge in [-0.25, -0.2) is 14.2 Å². The first kappa shape index (κ1) is 22.4. The normalized spacial score (nSPS) is 23.0. The Hall–Kier alpha value is -2.31. The Bertz CT molecular complexity index is 1090. The van der Waals surface area contributed by atoms with Gasteiger partial charge in [0.2, 0.25) is 0 Å². The Morgan fingerprint density at radius 3 is 2.83 bits per heavy atom. The third-order valence-corrected chi connectivity index (χ3v) is 5.45. The molecule has 3 atom stereocenters. The van der Waals surface area contributed by atoms with E-state index in [9.17, 15) is 19.5 Å². The van der Waals surface area contributed by atoms with Gasteiger partial charge in [-0.3, -0.25) is 14.3 Å². The van der Waals surface area contributed by atoms with Crippen LogP contribution >= 0.6 is 22.6 Å². The van der Waals surface area contributed by atoms with Gasteiger partial charge in [0.05, 0.1) is 12.2 Å². The lowest BCUT2D eigenvalue weighted by Gasteiger charge is -2.31. The number of aryl methyl sites for hydroxylation is 1. The number of nitrogens with zero attached hydrogens (tertiary/aromatic N) is 2. The van der Waals surface area contributed by atoms with Crippen LogP contribution in [0.5, 0.6) is 0 Å². The van der Waals surface area contributed by atoms with E-state index in [1.54, 1.807) is 60.1 Å². The van der Waals surface area contributed by atoms with Gasteiger partial charge in [0.15, 0.2) is 12.4 Å². The summed E-state index contributed by atoms with van der Waals surface area (Å²) < 4.78 is 16.3. The van der Waals surface area contributed by atoms with Gasteiger partial charge in [-0.05, 0) is 16.2 Å². The lowest BCUT2D eigenvalue weighted by Crippen LogP contribution is -2.42. The zero-order valence-corrected chi connectivity index (χ0v) is 18.9. The van der Waals surface area contributed by atoms with Crippen LogP contribution in [0.3, 0.4) is 0 Å². The van der Waals surface area contributed by atoms with Gasteiger partial charge in [0.1, 0.15) is 31.0 Å². The number of aliphatic hydroxyl groups is 1. The molecule has 160 valence electrons. The van der Waals surface area contributed by atoms with Crippen LogP contribution in [0.25, 0.3) is 6.08 Å². The molecule has 1 fully saturated rings. The molecule has 10 heteroatoms. The summed E-state index contributed by atoms with van der Waals surface area (Å²) in [5.74, 6) is -0.561. The number of carbonyl (C=O) groups is 1. The van der Waals surface area contributed by atoms with Crippen molar-refractivity contribution in [2.75, 3.05) is 6.61 Å². The third kappa shape index (κ3) is 4.25. The highest BCUT2D eigenvalue weighted by Crippen LogP contribution is 2.46. The topological polar surface area (TPSA) is 114 Å². The Balaban J connectivity index is 1.97. The Labute approximate surface area is 186 Å². The second-order valence-corrected chi connectivity index (χ2v) is 8.38. The van der Waals surface area contributed by atoms with E-state index >= 15 is 0 Å². The van der Waals surface area contributed by atoms with Crippen LogP contribution in [0.15, 0.2) is 44.4 Å². The smallest absolute Gasteiger partial charge is 0.344 e. The van der Waals surface area contributed by atoms with Gasteiger partial charge in [-0.15, -0.1) is 0 Å².